The van der Waals surface area contributed by atoms with E-state index in [0.29, 0.717) is 4.47 Å². The Labute approximate surface area is 110 Å². The van der Waals surface area contributed by atoms with Crippen LogP contribution in [-0.4, -0.2) is 16.6 Å². The molecular weight excluding hydrogens is 315 g/mol. The molecule has 0 aromatic heterocycles. The maximum Gasteiger partial charge on any atom is 0.460 e. The number of rotatable bonds is 4. The first-order chi connectivity index (χ1) is 8.23. The quantitative estimate of drug-likeness (QED) is 0.620. The van der Waals surface area contributed by atoms with Gasteiger partial charge in [0.1, 0.15) is 0 Å². The van der Waals surface area contributed by atoms with Crippen LogP contribution in [0.4, 0.5) is 13.2 Å². The molecule has 7 heteroatoms. The maximum absolute atomic E-state index is 12.9. The fourth-order valence-corrected chi connectivity index (χ4v) is 1.93. The molecule has 3 nitrogen and oxygen atoms in total. The Bertz CT molecular complexity index is 433. The lowest BCUT2D eigenvalue weighted by atomic mass is 9.88. The molecule has 0 aliphatic carbocycles. The first-order valence-electron chi connectivity index (χ1n) is 5.18. The van der Waals surface area contributed by atoms with E-state index in [4.69, 9.17) is 0 Å². The van der Waals surface area contributed by atoms with Gasteiger partial charge in [0, 0.05) is 15.8 Å². The number of hydrogen-bond donors (Lipinski definition) is 0. The van der Waals surface area contributed by atoms with Crippen molar-refractivity contribution in [2.24, 2.45) is 0 Å². The van der Waals surface area contributed by atoms with Gasteiger partial charge >= 0.3 is 11.7 Å². The third-order valence-corrected chi connectivity index (χ3v) is 3.40. The Morgan fingerprint density at radius 1 is 1.28 bits per heavy atom. The summed E-state index contributed by atoms with van der Waals surface area (Å²) < 4.78 is 39.5. The summed E-state index contributed by atoms with van der Waals surface area (Å²) in [4.78, 5) is 9.62. The Hall–Kier alpha value is -1.11. The molecule has 0 spiro atoms. The molecular formula is C11H11BrF3NO2. The molecule has 0 heterocycles. The van der Waals surface area contributed by atoms with Gasteiger partial charge in [0.25, 0.3) is 0 Å². The molecule has 1 rings (SSSR count). The van der Waals surface area contributed by atoms with E-state index in [-0.39, 0.29) is 5.56 Å². The van der Waals surface area contributed by atoms with Crippen LogP contribution in [0.1, 0.15) is 18.9 Å². The van der Waals surface area contributed by atoms with Crippen molar-refractivity contribution in [3.8, 4) is 0 Å². The van der Waals surface area contributed by atoms with Crippen molar-refractivity contribution in [2.75, 3.05) is 0 Å². The molecule has 0 aliphatic rings. The Morgan fingerprint density at radius 3 is 2.11 bits per heavy atom. The Morgan fingerprint density at radius 2 is 1.78 bits per heavy atom. The van der Waals surface area contributed by atoms with Crippen molar-refractivity contribution >= 4 is 15.9 Å². The molecule has 0 bridgehead atoms. The zero-order valence-corrected chi connectivity index (χ0v) is 11.1. The van der Waals surface area contributed by atoms with Crippen LogP contribution in [0, 0.1) is 10.1 Å². The van der Waals surface area contributed by atoms with Gasteiger partial charge in [0.15, 0.2) is 0 Å². The SMILES string of the molecule is CCC(Cc1ccc(Br)cc1)([N+](=O)[O-])C(F)(F)F. The molecule has 1 aromatic carbocycles. The highest BCUT2D eigenvalue weighted by Gasteiger charge is 2.64. The summed E-state index contributed by atoms with van der Waals surface area (Å²) in [5.74, 6) is 0. The smallest absolute Gasteiger partial charge is 0.264 e. The van der Waals surface area contributed by atoms with Crippen LogP contribution in [0.3, 0.4) is 0 Å². The first kappa shape index (κ1) is 14.9. The van der Waals surface area contributed by atoms with Crippen LogP contribution in [0.25, 0.3) is 0 Å². The van der Waals surface area contributed by atoms with E-state index in [9.17, 15) is 23.3 Å². The lowest BCUT2D eigenvalue weighted by Crippen LogP contribution is -2.53. The second-order valence-corrected chi connectivity index (χ2v) is 4.86. The minimum atomic E-state index is -4.88. The zero-order chi connectivity index (χ0) is 14.0. The van der Waals surface area contributed by atoms with Crippen LogP contribution in [-0.2, 0) is 6.42 Å². The molecule has 100 valence electrons. The molecule has 18 heavy (non-hydrogen) atoms. The van der Waals surface area contributed by atoms with Gasteiger partial charge in [-0.1, -0.05) is 35.0 Å². The van der Waals surface area contributed by atoms with E-state index < -0.39 is 29.5 Å². The van der Waals surface area contributed by atoms with Gasteiger partial charge in [0.05, 0.1) is 6.42 Å². The molecule has 0 amide bonds. The number of nitro groups is 1. The summed E-state index contributed by atoms with van der Waals surface area (Å²) in [6.45, 7) is 1.18. The van der Waals surface area contributed by atoms with E-state index in [1.807, 2.05) is 0 Å². The van der Waals surface area contributed by atoms with E-state index in [0.717, 1.165) is 0 Å². The largest absolute Gasteiger partial charge is 0.460 e. The third-order valence-electron chi connectivity index (χ3n) is 2.87. The highest BCUT2D eigenvalue weighted by Crippen LogP contribution is 2.38. The highest BCUT2D eigenvalue weighted by atomic mass is 79.9. The second-order valence-electron chi connectivity index (χ2n) is 3.94. The minimum absolute atomic E-state index is 0.286. The topological polar surface area (TPSA) is 43.1 Å². The van der Waals surface area contributed by atoms with Crippen molar-refractivity contribution in [3.05, 3.63) is 44.4 Å². The van der Waals surface area contributed by atoms with Crippen LogP contribution in [0.2, 0.25) is 0 Å². The fraction of sp³-hybridized carbons (Fsp3) is 0.455. The summed E-state index contributed by atoms with van der Waals surface area (Å²) in [5, 5.41) is 10.8. The maximum atomic E-state index is 12.9. The number of nitrogens with zero attached hydrogens (tertiary/aromatic N) is 1. The molecule has 0 saturated carbocycles. The highest BCUT2D eigenvalue weighted by molar-refractivity contribution is 9.10. The lowest BCUT2D eigenvalue weighted by molar-refractivity contribution is -0.613. The van der Waals surface area contributed by atoms with Crippen molar-refractivity contribution in [2.45, 2.75) is 31.5 Å². The van der Waals surface area contributed by atoms with Gasteiger partial charge in [-0.25, -0.2) is 0 Å². The van der Waals surface area contributed by atoms with Crippen LogP contribution < -0.4 is 0 Å². The summed E-state index contributed by atoms with van der Waals surface area (Å²) >= 11 is 3.15. The predicted molar refractivity (Wildman–Crippen MR) is 63.9 cm³/mol. The summed E-state index contributed by atoms with van der Waals surface area (Å²) in [5.41, 5.74) is -2.63. The van der Waals surface area contributed by atoms with E-state index >= 15 is 0 Å². The average Bonchev–Trinajstić information content (AvgIpc) is 2.26. The molecule has 0 fully saturated rings. The van der Waals surface area contributed by atoms with E-state index in [1.165, 1.54) is 19.1 Å². The van der Waals surface area contributed by atoms with E-state index in [2.05, 4.69) is 15.9 Å². The summed E-state index contributed by atoms with van der Waals surface area (Å²) in [7, 11) is 0. The van der Waals surface area contributed by atoms with Crippen molar-refractivity contribution in [1.29, 1.82) is 0 Å². The molecule has 1 atom stereocenters. The van der Waals surface area contributed by atoms with Crippen molar-refractivity contribution < 1.29 is 18.1 Å². The Balaban J connectivity index is 3.13. The van der Waals surface area contributed by atoms with Gasteiger partial charge in [-0.3, -0.25) is 10.1 Å². The van der Waals surface area contributed by atoms with E-state index in [1.54, 1.807) is 12.1 Å². The Kier molecular flexibility index (Phi) is 4.37. The molecule has 1 unspecified atom stereocenters. The van der Waals surface area contributed by atoms with Gasteiger partial charge < -0.3 is 0 Å². The zero-order valence-electron chi connectivity index (χ0n) is 9.50. The average molecular weight is 326 g/mol. The third kappa shape index (κ3) is 2.82. The van der Waals surface area contributed by atoms with Gasteiger partial charge in [-0.2, -0.15) is 13.2 Å². The van der Waals surface area contributed by atoms with Gasteiger partial charge in [0.2, 0.25) is 0 Å². The lowest BCUT2D eigenvalue weighted by Gasteiger charge is -2.26. The molecule has 0 aliphatic heterocycles. The van der Waals surface area contributed by atoms with Crippen LogP contribution >= 0.6 is 15.9 Å². The normalized spacial score (nSPS) is 15.2. The number of hydrogen-bond acceptors (Lipinski definition) is 2. The molecule has 0 N–H and O–H groups in total. The summed E-state index contributed by atoms with van der Waals surface area (Å²) in [6, 6.07) is 6.02. The van der Waals surface area contributed by atoms with Crippen molar-refractivity contribution in [3.63, 3.8) is 0 Å². The first-order valence-corrected chi connectivity index (χ1v) is 5.98. The van der Waals surface area contributed by atoms with Crippen LogP contribution in [0.15, 0.2) is 28.7 Å². The van der Waals surface area contributed by atoms with Gasteiger partial charge in [-0.05, 0) is 17.7 Å². The molecule has 1 aromatic rings. The van der Waals surface area contributed by atoms with Gasteiger partial charge in [-0.15, -0.1) is 0 Å². The second kappa shape index (κ2) is 5.26. The number of halogens is 4. The molecule has 0 saturated heterocycles. The summed E-state index contributed by atoms with van der Waals surface area (Å²) in [6.07, 6.45) is -6.13. The predicted octanol–water partition coefficient (Wildman–Crippen LogP) is 3.98. The molecule has 0 radical (unpaired) electrons. The monoisotopic (exact) mass is 325 g/mol. The van der Waals surface area contributed by atoms with Crippen LogP contribution in [0.5, 0.6) is 0 Å². The standard InChI is InChI=1S/C11H11BrF3NO2/c1-2-10(16(17)18,11(13,14)15)7-8-3-5-9(12)6-4-8/h3-6H,2,7H2,1H3. The number of alkyl halides is 3. The minimum Gasteiger partial charge on any atom is -0.264 e. The number of benzene rings is 1. The fourth-order valence-electron chi connectivity index (χ4n) is 1.66. The van der Waals surface area contributed by atoms with Crippen molar-refractivity contribution in [1.82, 2.24) is 0 Å².